The summed E-state index contributed by atoms with van der Waals surface area (Å²) < 4.78 is 1.58. The second-order valence-corrected chi connectivity index (χ2v) is 6.09. The second kappa shape index (κ2) is 7.19. The van der Waals surface area contributed by atoms with Crippen LogP contribution in [0.2, 0.25) is 0 Å². The number of hydrogen-bond donors (Lipinski definition) is 0. The van der Waals surface area contributed by atoms with E-state index in [2.05, 4.69) is 0 Å². The number of aromatic nitrogens is 2. The molecule has 0 amide bonds. The first-order chi connectivity index (χ1) is 12.8. The van der Waals surface area contributed by atoms with E-state index < -0.39 is 0 Å². The van der Waals surface area contributed by atoms with Crippen molar-refractivity contribution in [2.45, 2.75) is 6.04 Å². The Kier molecular flexibility index (Phi) is 4.44. The normalized spacial score (nSPS) is 10.8. The van der Waals surface area contributed by atoms with Gasteiger partial charge in [0, 0.05) is 11.6 Å². The molecule has 4 aromatic rings. The van der Waals surface area contributed by atoms with Gasteiger partial charge in [-0.2, -0.15) is 5.10 Å². The Bertz CT molecular complexity index is 1000. The molecule has 126 valence electrons. The summed E-state index contributed by atoms with van der Waals surface area (Å²) in [5.74, 6) is 0. The van der Waals surface area contributed by atoms with Crippen LogP contribution in [0.3, 0.4) is 0 Å². The minimum absolute atomic E-state index is 0.123. The van der Waals surface area contributed by atoms with E-state index in [1.807, 2.05) is 91.0 Å². The van der Waals surface area contributed by atoms with Crippen molar-refractivity contribution in [1.29, 1.82) is 0 Å². The van der Waals surface area contributed by atoms with Crippen molar-refractivity contribution < 1.29 is 0 Å². The third-order valence-corrected chi connectivity index (χ3v) is 4.37. The van der Waals surface area contributed by atoms with Gasteiger partial charge in [-0.05, 0) is 17.2 Å². The van der Waals surface area contributed by atoms with Crippen molar-refractivity contribution >= 4 is 0 Å². The average molecular weight is 338 g/mol. The van der Waals surface area contributed by atoms with E-state index in [4.69, 9.17) is 5.10 Å². The summed E-state index contributed by atoms with van der Waals surface area (Å²) in [6.07, 6.45) is 0. The zero-order valence-corrected chi connectivity index (χ0v) is 14.2. The molecule has 0 bridgehead atoms. The molecule has 1 heterocycles. The second-order valence-electron chi connectivity index (χ2n) is 6.09. The van der Waals surface area contributed by atoms with Gasteiger partial charge < -0.3 is 0 Å². The summed E-state index contributed by atoms with van der Waals surface area (Å²) in [4.78, 5) is 12.7. The molecule has 0 radical (unpaired) electrons. The molecule has 3 nitrogen and oxygen atoms in total. The third-order valence-electron chi connectivity index (χ3n) is 4.37. The average Bonchev–Trinajstić information content (AvgIpc) is 2.72. The molecule has 3 aromatic carbocycles. The maximum atomic E-state index is 12.7. The van der Waals surface area contributed by atoms with Gasteiger partial charge in [0.15, 0.2) is 0 Å². The van der Waals surface area contributed by atoms with E-state index in [1.54, 1.807) is 16.8 Å². The number of benzene rings is 3. The van der Waals surface area contributed by atoms with E-state index in [9.17, 15) is 4.79 Å². The molecule has 0 aliphatic rings. The molecule has 0 saturated carbocycles. The Morgan fingerprint density at radius 3 is 1.65 bits per heavy atom. The van der Waals surface area contributed by atoms with Crippen LogP contribution < -0.4 is 5.56 Å². The lowest BCUT2D eigenvalue weighted by atomic mass is 9.99. The highest BCUT2D eigenvalue weighted by molar-refractivity contribution is 5.57. The van der Waals surface area contributed by atoms with E-state index >= 15 is 0 Å². The minimum Gasteiger partial charge on any atom is -0.268 e. The molecule has 0 fully saturated rings. The van der Waals surface area contributed by atoms with Crippen LogP contribution >= 0.6 is 0 Å². The van der Waals surface area contributed by atoms with Crippen LogP contribution in [0.25, 0.3) is 11.3 Å². The quantitative estimate of drug-likeness (QED) is 0.547. The Morgan fingerprint density at radius 2 is 1.12 bits per heavy atom. The molecular weight excluding hydrogens is 320 g/mol. The summed E-state index contributed by atoms with van der Waals surface area (Å²) in [6.45, 7) is 0. The SMILES string of the molecule is O=c1ccc(-c2ccccc2)nn1C(c1ccccc1)c1ccccc1. The summed E-state index contributed by atoms with van der Waals surface area (Å²) in [6, 6.07) is 33.0. The van der Waals surface area contributed by atoms with E-state index in [-0.39, 0.29) is 11.6 Å². The van der Waals surface area contributed by atoms with Gasteiger partial charge in [-0.25, -0.2) is 4.68 Å². The lowest BCUT2D eigenvalue weighted by molar-refractivity contribution is 0.562. The first kappa shape index (κ1) is 16.0. The molecule has 0 atom stereocenters. The van der Waals surface area contributed by atoms with Crippen molar-refractivity contribution in [3.05, 3.63) is 125 Å². The van der Waals surface area contributed by atoms with E-state index in [1.165, 1.54) is 0 Å². The molecule has 0 spiro atoms. The van der Waals surface area contributed by atoms with Crippen molar-refractivity contribution in [2.24, 2.45) is 0 Å². The molecule has 3 heteroatoms. The zero-order valence-electron chi connectivity index (χ0n) is 14.2. The van der Waals surface area contributed by atoms with Crippen molar-refractivity contribution in [2.75, 3.05) is 0 Å². The van der Waals surface area contributed by atoms with Gasteiger partial charge in [0.05, 0.1) is 5.69 Å². The fourth-order valence-corrected chi connectivity index (χ4v) is 3.12. The summed E-state index contributed by atoms with van der Waals surface area (Å²) in [5, 5.41) is 4.70. The van der Waals surface area contributed by atoms with Gasteiger partial charge in [-0.3, -0.25) is 4.79 Å². The molecule has 0 N–H and O–H groups in total. The monoisotopic (exact) mass is 338 g/mol. The van der Waals surface area contributed by atoms with Gasteiger partial charge in [-0.1, -0.05) is 91.0 Å². The number of hydrogen-bond acceptors (Lipinski definition) is 2. The molecule has 0 unspecified atom stereocenters. The summed E-state index contributed by atoms with van der Waals surface area (Å²) in [5.41, 5.74) is 3.70. The van der Waals surface area contributed by atoms with Crippen molar-refractivity contribution in [3.63, 3.8) is 0 Å². The zero-order chi connectivity index (χ0) is 17.8. The van der Waals surface area contributed by atoms with E-state index in [0.717, 1.165) is 22.4 Å². The Morgan fingerprint density at radius 1 is 0.615 bits per heavy atom. The Hall–Kier alpha value is -3.46. The predicted molar refractivity (Wildman–Crippen MR) is 104 cm³/mol. The van der Waals surface area contributed by atoms with Gasteiger partial charge in [-0.15, -0.1) is 0 Å². The topological polar surface area (TPSA) is 34.9 Å². The van der Waals surface area contributed by atoms with Gasteiger partial charge in [0.2, 0.25) is 0 Å². The largest absolute Gasteiger partial charge is 0.268 e. The highest BCUT2D eigenvalue weighted by Gasteiger charge is 2.19. The number of rotatable bonds is 4. The fourth-order valence-electron chi connectivity index (χ4n) is 3.12. The van der Waals surface area contributed by atoms with Crippen molar-refractivity contribution in [3.8, 4) is 11.3 Å². The van der Waals surface area contributed by atoms with Crippen LogP contribution in [0, 0.1) is 0 Å². The Balaban J connectivity index is 1.90. The van der Waals surface area contributed by atoms with E-state index in [0.29, 0.717) is 0 Å². The van der Waals surface area contributed by atoms with Crippen LogP contribution in [0.5, 0.6) is 0 Å². The third kappa shape index (κ3) is 3.20. The van der Waals surface area contributed by atoms with Crippen LogP contribution in [0.15, 0.2) is 108 Å². The Labute approximate surface area is 152 Å². The molecule has 4 rings (SSSR count). The van der Waals surface area contributed by atoms with Gasteiger partial charge >= 0.3 is 0 Å². The summed E-state index contributed by atoms with van der Waals surface area (Å²) in [7, 11) is 0. The lowest BCUT2D eigenvalue weighted by Crippen LogP contribution is -2.28. The maximum absolute atomic E-state index is 12.7. The highest BCUT2D eigenvalue weighted by atomic mass is 16.1. The number of nitrogens with zero attached hydrogens (tertiary/aromatic N) is 2. The van der Waals surface area contributed by atoms with Crippen LogP contribution in [-0.4, -0.2) is 9.78 Å². The van der Waals surface area contributed by atoms with Crippen LogP contribution in [0.4, 0.5) is 0 Å². The molecule has 1 aromatic heterocycles. The molecule has 0 aliphatic carbocycles. The van der Waals surface area contributed by atoms with Gasteiger partial charge in [0.25, 0.3) is 5.56 Å². The highest BCUT2D eigenvalue weighted by Crippen LogP contribution is 2.25. The predicted octanol–water partition coefficient (Wildman–Crippen LogP) is 4.55. The maximum Gasteiger partial charge on any atom is 0.267 e. The first-order valence-electron chi connectivity index (χ1n) is 8.58. The lowest BCUT2D eigenvalue weighted by Gasteiger charge is -2.20. The van der Waals surface area contributed by atoms with Crippen molar-refractivity contribution in [1.82, 2.24) is 9.78 Å². The molecular formula is C23H18N2O. The smallest absolute Gasteiger partial charge is 0.267 e. The summed E-state index contributed by atoms with van der Waals surface area (Å²) >= 11 is 0. The molecule has 26 heavy (non-hydrogen) atoms. The fraction of sp³-hybridized carbons (Fsp3) is 0.0435. The van der Waals surface area contributed by atoms with Crippen LogP contribution in [0.1, 0.15) is 17.2 Å². The molecule has 0 aliphatic heterocycles. The minimum atomic E-state index is -0.270. The van der Waals surface area contributed by atoms with Crippen LogP contribution in [-0.2, 0) is 0 Å². The molecule has 0 saturated heterocycles. The standard InChI is InChI=1S/C23H18N2O/c26-22-17-16-21(18-10-4-1-5-11-18)24-25(22)23(19-12-6-2-7-13-19)20-14-8-3-9-15-20/h1-17,23H. The first-order valence-corrected chi connectivity index (χ1v) is 8.58. The van der Waals surface area contributed by atoms with Gasteiger partial charge in [0.1, 0.15) is 6.04 Å².